The lowest BCUT2D eigenvalue weighted by Crippen LogP contribution is -2.26. The number of ether oxygens (including phenoxy) is 1. The summed E-state index contributed by atoms with van der Waals surface area (Å²) >= 11 is 1.63. The molecule has 0 saturated heterocycles. The van der Waals surface area contributed by atoms with Gasteiger partial charge in [0.15, 0.2) is 5.13 Å². The number of methoxy groups -OCH3 is 1. The second-order valence-electron chi connectivity index (χ2n) is 4.76. The van der Waals surface area contributed by atoms with Gasteiger partial charge in [0.25, 0.3) is 0 Å². The lowest BCUT2D eigenvalue weighted by molar-refractivity contribution is -0.139. The molecule has 0 spiro atoms. The van der Waals surface area contributed by atoms with Crippen molar-refractivity contribution in [2.24, 2.45) is 5.92 Å². The smallest absolute Gasteiger partial charge is 0.311 e. The fourth-order valence-corrected chi connectivity index (χ4v) is 2.75. The normalized spacial score (nSPS) is 14.6. The summed E-state index contributed by atoms with van der Waals surface area (Å²) in [7, 11) is 1.41. The molecule has 5 heteroatoms. The minimum absolute atomic E-state index is 0.226. The highest BCUT2D eigenvalue weighted by Gasteiger charge is 2.25. The van der Waals surface area contributed by atoms with Crippen LogP contribution in [0.25, 0.3) is 0 Å². The SMILES string of the molecule is CCCN(CC1CC1)c1nc(CC(=O)OC)cs1. The van der Waals surface area contributed by atoms with Crippen LogP contribution in [0.5, 0.6) is 0 Å². The number of carbonyl (C=O) groups excluding carboxylic acids is 1. The zero-order valence-electron chi connectivity index (χ0n) is 11.0. The van der Waals surface area contributed by atoms with Crippen molar-refractivity contribution in [3.8, 4) is 0 Å². The first-order valence-electron chi connectivity index (χ1n) is 6.49. The summed E-state index contributed by atoms with van der Waals surface area (Å²) in [5.74, 6) is 0.626. The number of carbonyl (C=O) groups is 1. The van der Waals surface area contributed by atoms with Gasteiger partial charge in [0.2, 0.25) is 0 Å². The van der Waals surface area contributed by atoms with Crippen molar-refractivity contribution < 1.29 is 9.53 Å². The van der Waals surface area contributed by atoms with Gasteiger partial charge in [-0.15, -0.1) is 11.3 Å². The third-order valence-electron chi connectivity index (χ3n) is 3.03. The first kappa shape index (κ1) is 13.3. The number of esters is 1. The van der Waals surface area contributed by atoms with Gasteiger partial charge in [0.05, 0.1) is 19.2 Å². The Morgan fingerprint density at radius 1 is 1.61 bits per heavy atom. The van der Waals surface area contributed by atoms with Gasteiger partial charge in [-0.1, -0.05) is 6.92 Å². The molecule has 0 atom stereocenters. The first-order chi connectivity index (χ1) is 8.72. The highest BCUT2D eigenvalue weighted by atomic mass is 32.1. The molecule has 0 unspecified atom stereocenters. The van der Waals surface area contributed by atoms with Gasteiger partial charge in [0.1, 0.15) is 0 Å². The number of anilines is 1. The van der Waals surface area contributed by atoms with E-state index in [0.717, 1.165) is 36.3 Å². The van der Waals surface area contributed by atoms with E-state index >= 15 is 0 Å². The van der Waals surface area contributed by atoms with E-state index in [0.29, 0.717) is 0 Å². The van der Waals surface area contributed by atoms with Crippen LogP contribution in [0.15, 0.2) is 5.38 Å². The Kier molecular flexibility index (Phi) is 4.58. The van der Waals surface area contributed by atoms with E-state index in [2.05, 4.69) is 21.5 Å². The van der Waals surface area contributed by atoms with Crippen molar-refractivity contribution in [2.45, 2.75) is 32.6 Å². The fraction of sp³-hybridized carbons (Fsp3) is 0.692. The van der Waals surface area contributed by atoms with Crippen molar-refractivity contribution >= 4 is 22.4 Å². The Labute approximate surface area is 112 Å². The summed E-state index contributed by atoms with van der Waals surface area (Å²) in [5.41, 5.74) is 0.818. The van der Waals surface area contributed by atoms with Crippen LogP contribution in [0, 0.1) is 5.92 Å². The van der Waals surface area contributed by atoms with E-state index in [-0.39, 0.29) is 12.4 Å². The van der Waals surface area contributed by atoms with Crippen molar-refractivity contribution in [1.82, 2.24) is 4.98 Å². The molecule has 0 amide bonds. The van der Waals surface area contributed by atoms with Crippen LogP contribution in [-0.2, 0) is 16.0 Å². The molecule has 1 fully saturated rings. The van der Waals surface area contributed by atoms with Crippen LogP contribution >= 0.6 is 11.3 Å². The minimum Gasteiger partial charge on any atom is -0.469 e. The molecule has 1 heterocycles. The van der Waals surface area contributed by atoms with Crippen LogP contribution in [-0.4, -0.2) is 31.2 Å². The number of aromatic nitrogens is 1. The molecule has 0 radical (unpaired) electrons. The molecule has 0 N–H and O–H groups in total. The van der Waals surface area contributed by atoms with Crippen LogP contribution in [0.1, 0.15) is 31.9 Å². The van der Waals surface area contributed by atoms with Crippen LogP contribution < -0.4 is 4.90 Å². The summed E-state index contributed by atoms with van der Waals surface area (Å²) in [6.07, 6.45) is 4.09. The molecule has 0 bridgehead atoms. The molecule has 100 valence electrons. The maximum Gasteiger partial charge on any atom is 0.311 e. The van der Waals surface area contributed by atoms with Gasteiger partial charge < -0.3 is 9.64 Å². The third-order valence-corrected chi connectivity index (χ3v) is 3.98. The van der Waals surface area contributed by atoms with Gasteiger partial charge in [0, 0.05) is 18.5 Å². The van der Waals surface area contributed by atoms with E-state index in [4.69, 9.17) is 0 Å². The summed E-state index contributed by atoms with van der Waals surface area (Å²) in [6.45, 7) is 4.34. The largest absolute Gasteiger partial charge is 0.469 e. The van der Waals surface area contributed by atoms with Crippen molar-refractivity contribution in [2.75, 3.05) is 25.1 Å². The second-order valence-corrected chi connectivity index (χ2v) is 5.60. The van der Waals surface area contributed by atoms with Crippen LogP contribution in [0.3, 0.4) is 0 Å². The second kappa shape index (κ2) is 6.18. The van der Waals surface area contributed by atoms with E-state index in [9.17, 15) is 4.79 Å². The Hall–Kier alpha value is -1.10. The van der Waals surface area contributed by atoms with E-state index in [1.807, 2.05) is 5.38 Å². The minimum atomic E-state index is -0.226. The Balaban J connectivity index is 1.98. The molecule has 1 saturated carbocycles. The molecule has 18 heavy (non-hydrogen) atoms. The lowest BCUT2D eigenvalue weighted by atomic mass is 10.3. The fourth-order valence-electron chi connectivity index (χ4n) is 1.89. The van der Waals surface area contributed by atoms with Crippen molar-refractivity contribution in [1.29, 1.82) is 0 Å². The number of hydrogen-bond donors (Lipinski definition) is 0. The summed E-state index contributed by atoms with van der Waals surface area (Å²) in [6, 6.07) is 0. The number of thiazole rings is 1. The number of nitrogens with zero attached hydrogens (tertiary/aromatic N) is 2. The molecule has 1 aliphatic rings. The standard InChI is InChI=1S/C13H20N2O2S/c1-3-6-15(8-10-4-5-10)13-14-11(9-18-13)7-12(16)17-2/h9-10H,3-8H2,1-2H3. The molecular weight excluding hydrogens is 248 g/mol. The Morgan fingerprint density at radius 2 is 2.39 bits per heavy atom. The molecule has 2 rings (SSSR count). The molecule has 1 aromatic rings. The average molecular weight is 268 g/mol. The maximum absolute atomic E-state index is 11.2. The predicted octanol–water partition coefficient (Wildman–Crippen LogP) is 2.49. The number of rotatable bonds is 7. The molecule has 0 aromatic carbocycles. The number of hydrogen-bond acceptors (Lipinski definition) is 5. The Bertz CT molecular complexity index is 401. The van der Waals surface area contributed by atoms with E-state index in [1.54, 1.807) is 11.3 Å². The van der Waals surface area contributed by atoms with Gasteiger partial charge in [-0.25, -0.2) is 4.98 Å². The van der Waals surface area contributed by atoms with E-state index < -0.39 is 0 Å². The summed E-state index contributed by atoms with van der Waals surface area (Å²) in [4.78, 5) is 18.1. The molecule has 4 nitrogen and oxygen atoms in total. The highest BCUT2D eigenvalue weighted by Crippen LogP contribution is 2.32. The van der Waals surface area contributed by atoms with Gasteiger partial charge in [-0.2, -0.15) is 0 Å². The lowest BCUT2D eigenvalue weighted by Gasteiger charge is -2.20. The Morgan fingerprint density at radius 3 is 3.00 bits per heavy atom. The third kappa shape index (κ3) is 3.70. The molecule has 0 aliphatic heterocycles. The van der Waals surface area contributed by atoms with Gasteiger partial charge >= 0.3 is 5.97 Å². The first-order valence-corrected chi connectivity index (χ1v) is 7.37. The predicted molar refractivity (Wildman–Crippen MR) is 73.1 cm³/mol. The van der Waals surface area contributed by atoms with Crippen molar-refractivity contribution in [3.63, 3.8) is 0 Å². The quantitative estimate of drug-likeness (QED) is 0.713. The van der Waals surface area contributed by atoms with Gasteiger partial charge in [-0.05, 0) is 25.2 Å². The van der Waals surface area contributed by atoms with Crippen LogP contribution in [0.2, 0.25) is 0 Å². The topological polar surface area (TPSA) is 42.4 Å². The summed E-state index contributed by atoms with van der Waals surface area (Å²) in [5, 5.41) is 3.00. The monoisotopic (exact) mass is 268 g/mol. The highest BCUT2D eigenvalue weighted by molar-refractivity contribution is 7.13. The van der Waals surface area contributed by atoms with E-state index in [1.165, 1.54) is 20.0 Å². The maximum atomic E-state index is 11.2. The summed E-state index contributed by atoms with van der Waals surface area (Å²) < 4.78 is 4.66. The average Bonchev–Trinajstić information content (AvgIpc) is 3.06. The molecule has 1 aliphatic carbocycles. The molecular formula is C13H20N2O2S. The van der Waals surface area contributed by atoms with Gasteiger partial charge in [-0.3, -0.25) is 4.79 Å². The van der Waals surface area contributed by atoms with Crippen LogP contribution in [0.4, 0.5) is 5.13 Å². The van der Waals surface area contributed by atoms with Crippen molar-refractivity contribution in [3.05, 3.63) is 11.1 Å². The zero-order valence-corrected chi connectivity index (χ0v) is 11.8. The zero-order chi connectivity index (χ0) is 13.0. The molecule has 1 aromatic heterocycles.